The predicted molar refractivity (Wildman–Crippen MR) is 108 cm³/mol. The number of carbonyl (C=O) groups is 1. The van der Waals surface area contributed by atoms with Crippen LogP contribution >= 0.6 is 23.4 Å². The van der Waals surface area contributed by atoms with Gasteiger partial charge in [0, 0.05) is 22.6 Å². The van der Waals surface area contributed by atoms with Gasteiger partial charge in [0.2, 0.25) is 5.91 Å². The lowest BCUT2D eigenvalue weighted by Crippen LogP contribution is -2.13. The second kappa shape index (κ2) is 8.43. The molecule has 2 aromatic carbocycles. The average Bonchev–Trinajstić information content (AvgIpc) is 2.62. The van der Waals surface area contributed by atoms with Crippen LogP contribution in [0.2, 0.25) is 5.02 Å². The maximum Gasteiger partial charge on any atom is 0.225 e. The Kier molecular flexibility index (Phi) is 6.01. The highest BCUT2D eigenvalue weighted by Gasteiger charge is 2.09. The number of halogens is 1. The Morgan fingerprint density at radius 2 is 2.04 bits per heavy atom. The van der Waals surface area contributed by atoms with E-state index in [-0.39, 0.29) is 5.91 Å². The molecule has 0 saturated heterocycles. The number of aromatic nitrogens is 1. The molecule has 134 valence electrons. The second-order valence-electron chi connectivity index (χ2n) is 5.79. The number of nitrogens with zero attached hydrogens (tertiary/aromatic N) is 1. The number of rotatable bonds is 6. The number of hydrogen-bond acceptors (Lipinski definition) is 4. The highest BCUT2D eigenvalue weighted by molar-refractivity contribution is 7.99. The van der Waals surface area contributed by atoms with Gasteiger partial charge >= 0.3 is 0 Å². The lowest BCUT2D eigenvalue weighted by atomic mass is 10.1. The van der Waals surface area contributed by atoms with E-state index < -0.39 is 0 Å². The van der Waals surface area contributed by atoms with Crippen LogP contribution in [0.1, 0.15) is 12.0 Å². The molecule has 1 aromatic heterocycles. The van der Waals surface area contributed by atoms with Gasteiger partial charge in [-0.3, -0.25) is 4.79 Å². The Morgan fingerprint density at radius 1 is 1.23 bits per heavy atom. The molecule has 0 aliphatic carbocycles. The number of pyridine rings is 1. The first-order valence-electron chi connectivity index (χ1n) is 8.19. The van der Waals surface area contributed by atoms with Gasteiger partial charge in [-0.2, -0.15) is 0 Å². The summed E-state index contributed by atoms with van der Waals surface area (Å²) in [4.78, 5) is 16.9. The Morgan fingerprint density at radius 3 is 2.85 bits per heavy atom. The Bertz CT molecular complexity index is 946. The first kappa shape index (κ1) is 18.5. The van der Waals surface area contributed by atoms with Crippen LogP contribution in [-0.4, -0.2) is 23.8 Å². The van der Waals surface area contributed by atoms with Crippen LogP contribution in [0.15, 0.2) is 53.6 Å². The van der Waals surface area contributed by atoms with Gasteiger partial charge in [0.25, 0.3) is 0 Å². The van der Waals surface area contributed by atoms with Crippen molar-refractivity contribution in [1.82, 2.24) is 4.98 Å². The lowest BCUT2D eigenvalue weighted by Gasteiger charge is -2.10. The third-order valence-corrected chi connectivity index (χ3v) is 5.06. The van der Waals surface area contributed by atoms with Crippen LogP contribution in [-0.2, 0) is 4.79 Å². The number of para-hydroxylation sites is 1. The molecule has 0 unspecified atom stereocenters. The smallest absolute Gasteiger partial charge is 0.225 e. The van der Waals surface area contributed by atoms with Gasteiger partial charge in [-0.15, -0.1) is 11.8 Å². The molecular weight excluding hydrogens is 368 g/mol. The van der Waals surface area contributed by atoms with Crippen molar-refractivity contribution >= 4 is 45.9 Å². The number of thioether (sulfide) groups is 1. The summed E-state index contributed by atoms with van der Waals surface area (Å²) in [5, 5.41) is 5.48. The van der Waals surface area contributed by atoms with Crippen molar-refractivity contribution in [2.24, 2.45) is 0 Å². The fourth-order valence-electron chi connectivity index (χ4n) is 2.63. The normalized spacial score (nSPS) is 10.7. The fourth-order valence-corrected chi connectivity index (χ4v) is 3.72. The lowest BCUT2D eigenvalue weighted by molar-refractivity contribution is -0.115. The summed E-state index contributed by atoms with van der Waals surface area (Å²) >= 11 is 7.56. The molecule has 26 heavy (non-hydrogen) atoms. The first-order chi connectivity index (χ1) is 12.6. The SMILES string of the molecule is COc1ccc(Cl)cc1NC(=O)CCSc1cc(C)c2ccccc2n1. The van der Waals surface area contributed by atoms with Gasteiger partial charge in [0.05, 0.1) is 23.3 Å². The molecule has 3 aromatic rings. The Balaban J connectivity index is 1.60. The highest BCUT2D eigenvalue weighted by atomic mass is 35.5. The minimum Gasteiger partial charge on any atom is -0.495 e. The van der Waals surface area contributed by atoms with Crippen LogP contribution in [0, 0.1) is 6.92 Å². The number of benzene rings is 2. The minimum atomic E-state index is -0.0874. The number of anilines is 1. The van der Waals surface area contributed by atoms with Gasteiger partial charge < -0.3 is 10.1 Å². The molecule has 0 saturated carbocycles. The van der Waals surface area contributed by atoms with Gasteiger partial charge in [0.15, 0.2) is 0 Å². The molecule has 0 radical (unpaired) electrons. The summed E-state index contributed by atoms with van der Waals surface area (Å²) in [6.45, 7) is 2.08. The predicted octanol–water partition coefficient (Wildman–Crippen LogP) is 5.33. The monoisotopic (exact) mass is 386 g/mol. The molecule has 0 atom stereocenters. The molecule has 3 rings (SSSR count). The molecule has 1 amide bonds. The van der Waals surface area contributed by atoms with Crippen molar-refractivity contribution in [3.8, 4) is 5.75 Å². The largest absolute Gasteiger partial charge is 0.495 e. The molecule has 0 bridgehead atoms. The van der Waals surface area contributed by atoms with E-state index in [9.17, 15) is 4.79 Å². The summed E-state index contributed by atoms with van der Waals surface area (Å²) in [7, 11) is 1.56. The average molecular weight is 387 g/mol. The highest BCUT2D eigenvalue weighted by Crippen LogP contribution is 2.28. The van der Waals surface area contributed by atoms with E-state index in [2.05, 4.69) is 29.4 Å². The number of aryl methyl sites for hydroxylation is 1. The summed E-state index contributed by atoms with van der Waals surface area (Å²) in [6, 6.07) is 15.3. The maximum absolute atomic E-state index is 12.2. The van der Waals surface area contributed by atoms with E-state index >= 15 is 0 Å². The molecule has 0 aliphatic heterocycles. The van der Waals surface area contributed by atoms with E-state index in [1.165, 1.54) is 5.56 Å². The quantitative estimate of drug-likeness (QED) is 0.582. The van der Waals surface area contributed by atoms with E-state index in [1.54, 1.807) is 37.1 Å². The molecule has 0 spiro atoms. The summed E-state index contributed by atoms with van der Waals surface area (Å²) in [5.41, 5.74) is 2.74. The molecule has 0 fully saturated rings. The number of amides is 1. The van der Waals surface area contributed by atoms with Crippen LogP contribution < -0.4 is 10.1 Å². The van der Waals surface area contributed by atoms with E-state index in [0.717, 1.165) is 15.9 Å². The second-order valence-corrected chi connectivity index (χ2v) is 7.34. The number of hydrogen-bond donors (Lipinski definition) is 1. The van der Waals surface area contributed by atoms with Gasteiger partial charge in [-0.25, -0.2) is 4.98 Å². The van der Waals surface area contributed by atoms with Gasteiger partial charge in [0.1, 0.15) is 5.75 Å². The number of methoxy groups -OCH3 is 1. The van der Waals surface area contributed by atoms with E-state index in [0.29, 0.717) is 28.6 Å². The van der Waals surface area contributed by atoms with Gasteiger partial charge in [-0.05, 0) is 42.8 Å². The van der Waals surface area contributed by atoms with E-state index in [1.807, 2.05) is 18.2 Å². The Hall–Kier alpha value is -2.24. The van der Waals surface area contributed by atoms with Crippen LogP contribution in [0.5, 0.6) is 5.75 Å². The van der Waals surface area contributed by atoms with Crippen molar-refractivity contribution in [3.05, 3.63) is 59.1 Å². The van der Waals surface area contributed by atoms with Gasteiger partial charge in [-0.1, -0.05) is 29.8 Å². The standard InChI is InChI=1S/C20H19ClN2O2S/c1-13-11-20(23-16-6-4-3-5-15(13)16)26-10-9-19(24)22-17-12-14(21)7-8-18(17)25-2/h3-8,11-12H,9-10H2,1-2H3,(H,22,24). The van der Waals surface area contributed by atoms with Crippen LogP contribution in [0.4, 0.5) is 5.69 Å². The zero-order chi connectivity index (χ0) is 18.5. The van der Waals surface area contributed by atoms with Crippen LogP contribution in [0.25, 0.3) is 10.9 Å². The van der Waals surface area contributed by atoms with Crippen molar-refractivity contribution in [2.45, 2.75) is 18.4 Å². The Labute approximate surface area is 161 Å². The molecule has 4 nitrogen and oxygen atoms in total. The maximum atomic E-state index is 12.2. The van der Waals surface area contributed by atoms with Crippen molar-refractivity contribution < 1.29 is 9.53 Å². The molecule has 1 N–H and O–H groups in total. The summed E-state index contributed by atoms with van der Waals surface area (Å²) in [6.07, 6.45) is 0.369. The van der Waals surface area contributed by atoms with Crippen LogP contribution in [0.3, 0.4) is 0 Å². The van der Waals surface area contributed by atoms with E-state index in [4.69, 9.17) is 16.3 Å². The fraction of sp³-hybridized carbons (Fsp3) is 0.200. The molecule has 0 aliphatic rings. The topological polar surface area (TPSA) is 51.2 Å². The zero-order valence-corrected chi connectivity index (χ0v) is 16.2. The third kappa shape index (κ3) is 4.48. The number of carbonyl (C=O) groups excluding carboxylic acids is 1. The van der Waals surface area contributed by atoms with Crippen molar-refractivity contribution in [2.75, 3.05) is 18.2 Å². The molecule has 6 heteroatoms. The first-order valence-corrected chi connectivity index (χ1v) is 9.56. The number of nitrogens with one attached hydrogen (secondary N) is 1. The van der Waals surface area contributed by atoms with Crippen molar-refractivity contribution in [3.63, 3.8) is 0 Å². The van der Waals surface area contributed by atoms with Crippen molar-refractivity contribution in [1.29, 1.82) is 0 Å². The summed E-state index contributed by atoms with van der Waals surface area (Å²) in [5.74, 6) is 1.14. The molecular formula is C20H19ClN2O2S. The minimum absolute atomic E-state index is 0.0874. The third-order valence-electron chi connectivity index (χ3n) is 3.91. The molecule has 1 heterocycles. The zero-order valence-electron chi connectivity index (χ0n) is 14.6. The number of ether oxygens (including phenoxy) is 1. The summed E-state index contributed by atoms with van der Waals surface area (Å²) < 4.78 is 5.24. The number of fused-ring (bicyclic) bond motifs is 1.